The molecule has 1 aromatic carbocycles. The lowest BCUT2D eigenvalue weighted by Crippen LogP contribution is -2.35. The second-order valence-corrected chi connectivity index (χ2v) is 7.28. The van der Waals surface area contributed by atoms with Crippen molar-refractivity contribution in [3.63, 3.8) is 0 Å². The van der Waals surface area contributed by atoms with E-state index in [-0.39, 0.29) is 24.2 Å². The number of amides is 2. The van der Waals surface area contributed by atoms with Crippen molar-refractivity contribution in [1.29, 1.82) is 0 Å². The first-order valence-electron chi connectivity index (χ1n) is 9.63. The lowest BCUT2D eigenvalue weighted by atomic mass is 10.1. The minimum absolute atomic E-state index is 0.0605. The Hall–Kier alpha value is -2.87. The third-order valence-corrected chi connectivity index (χ3v) is 4.81. The number of carbonyl (C=O) groups excluding carboxylic acids is 2. The quantitative estimate of drug-likeness (QED) is 0.571. The summed E-state index contributed by atoms with van der Waals surface area (Å²) in [4.78, 5) is 35.1. The van der Waals surface area contributed by atoms with Crippen molar-refractivity contribution in [1.82, 2.24) is 15.3 Å². The van der Waals surface area contributed by atoms with Crippen LogP contribution in [0.3, 0.4) is 0 Å². The Morgan fingerprint density at radius 3 is 2.69 bits per heavy atom. The maximum atomic E-state index is 12.4. The van der Waals surface area contributed by atoms with Crippen LogP contribution in [0.15, 0.2) is 30.3 Å². The van der Waals surface area contributed by atoms with E-state index in [0.29, 0.717) is 30.6 Å². The molecule has 0 aliphatic carbocycles. The van der Waals surface area contributed by atoms with Gasteiger partial charge in [0.25, 0.3) is 0 Å². The number of carbonyl (C=O) groups is 2. The van der Waals surface area contributed by atoms with Crippen molar-refractivity contribution in [2.45, 2.75) is 20.3 Å². The third-order valence-electron chi connectivity index (χ3n) is 4.55. The first kappa shape index (κ1) is 20.9. The van der Waals surface area contributed by atoms with E-state index in [2.05, 4.69) is 25.9 Å². The SMILES string of the molecule is CCNc1cc(C)nc(NCCNC(=O)C2CC(=O)N(c3ccc(Cl)cc3)C2)n1. The molecule has 2 aromatic rings. The standard InChI is InChI=1S/C20H25ClN6O2/c1-3-22-17-10-13(2)25-20(26-17)24-9-8-23-19(29)14-11-18(28)27(12-14)16-6-4-15(21)5-7-16/h4-7,10,14H,3,8-9,11-12H2,1-2H3,(H,23,29)(H2,22,24,25,26). The Morgan fingerprint density at radius 2 is 1.97 bits per heavy atom. The molecule has 1 aromatic heterocycles. The van der Waals surface area contributed by atoms with Gasteiger partial charge < -0.3 is 20.9 Å². The van der Waals surface area contributed by atoms with Crippen LogP contribution in [0.4, 0.5) is 17.5 Å². The summed E-state index contributed by atoms with van der Waals surface area (Å²) in [6.45, 7) is 5.95. The van der Waals surface area contributed by atoms with Gasteiger partial charge in [0.1, 0.15) is 5.82 Å². The zero-order valence-electron chi connectivity index (χ0n) is 16.5. The van der Waals surface area contributed by atoms with Gasteiger partial charge in [-0.1, -0.05) is 11.6 Å². The minimum atomic E-state index is -0.367. The van der Waals surface area contributed by atoms with Crippen molar-refractivity contribution in [2.24, 2.45) is 5.92 Å². The zero-order valence-corrected chi connectivity index (χ0v) is 17.3. The molecular weight excluding hydrogens is 392 g/mol. The fraction of sp³-hybridized carbons (Fsp3) is 0.400. The van der Waals surface area contributed by atoms with E-state index < -0.39 is 0 Å². The molecule has 29 heavy (non-hydrogen) atoms. The summed E-state index contributed by atoms with van der Waals surface area (Å²) in [5.74, 6) is 0.719. The molecule has 1 aliphatic heterocycles. The Bertz CT molecular complexity index is 874. The van der Waals surface area contributed by atoms with Crippen LogP contribution in [0.5, 0.6) is 0 Å². The van der Waals surface area contributed by atoms with Crippen LogP contribution < -0.4 is 20.9 Å². The van der Waals surface area contributed by atoms with E-state index >= 15 is 0 Å². The number of hydrogen-bond acceptors (Lipinski definition) is 6. The number of hydrogen-bond donors (Lipinski definition) is 3. The number of benzene rings is 1. The van der Waals surface area contributed by atoms with E-state index in [0.717, 1.165) is 23.7 Å². The lowest BCUT2D eigenvalue weighted by Gasteiger charge is -2.17. The molecule has 3 N–H and O–H groups in total. The molecule has 8 nitrogen and oxygen atoms in total. The van der Waals surface area contributed by atoms with Crippen molar-refractivity contribution in [3.8, 4) is 0 Å². The molecule has 2 amide bonds. The van der Waals surface area contributed by atoms with Gasteiger partial charge >= 0.3 is 0 Å². The normalized spacial score (nSPS) is 16.0. The van der Waals surface area contributed by atoms with Crippen LogP contribution in [0.1, 0.15) is 19.0 Å². The Morgan fingerprint density at radius 1 is 1.21 bits per heavy atom. The van der Waals surface area contributed by atoms with Gasteiger partial charge in [-0.2, -0.15) is 4.98 Å². The van der Waals surface area contributed by atoms with Gasteiger partial charge in [0, 0.05) is 55.1 Å². The van der Waals surface area contributed by atoms with Gasteiger partial charge in [-0.15, -0.1) is 0 Å². The highest BCUT2D eigenvalue weighted by Crippen LogP contribution is 2.26. The van der Waals surface area contributed by atoms with Gasteiger partial charge in [0.15, 0.2) is 0 Å². The average Bonchev–Trinajstić information content (AvgIpc) is 3.07. The monoisotopic (exact) mass is 416 g/mol. The predicted octanol–water partition coefficient (Wildman–Crippen LogP) is 2.45. The van der Waals surface area contributed by atoms with Crippen LogP contribution in [-0.2, 0) is 9.59 Å². The van der Waals surface area contributed by atoms with Crippen LogP contribution in [0, 0.1) is 12.8 Å². The third kappa shape index (κ3) is 5.57. The highest BCUT2D eigenvalue weighted by molar-refractivity contribution is 6.30. The average molecular weight is 417 g/mol. The van der Waals surface area contributed by atoms with Gasteiger partial charge in [0.05, 0.1) is 5.92 Å². The summed E-state index contributed by atoms with van der Waals surface area (Å²) in [5, 5.41) is 9.75. The molecule has 0 radical (unpaired) electrons. The molecule has 1 saturated heterocycles. The molecule has 9 heteroatoms. The Balaban J connectivity index is 1.46. The van der Waals surface area contributed by atoms with Crippen molar-refractivity contribution in [2.75, 3.05) is 41.7 Å². The number of halogens is 1. The van der Waals surface area contributed by atoms with Gasteiger partial charge in [-0.05, 0) is 38.1 Å². The summed E-state index contributed by atoms with van der Waals surface area (Å²) in [5.41, 5.74) is 1.61. The van der Waals surface area contributed by atoms with Crippen LogP contribution >= 0.6 is 11.6 Å². The van der Waals surface area contributed by atoms with Crippen LogP contribution in [0.2, 0.25) is 5.02 Å². The van der Waals surface area contributed by atoms with Crippen LogP contribution in [0.25, 0.3) is 0 Å². The smallest absolute Gasteiger partial charge is 0.227 e. The summed E-state index contributed by atoms with van der Waals surface area (Å²) in [6, 6.07) is 8.91. The molecule has 0 spiro atoms. The number of nitrogens with one attached hydrogen (secondary N) is 3. The molecule has 1 unspecified atom stereocenters. The van der Waals surface area contributed by atoms with E-state index in [1.165, 1.54) is 0 Å². The topological polar surface area (TPSA) is 99.2 Å². The summed E-state index contributed by atoms with van der Waals surface area (Å²) >= 11 is 5.90. The molecule has 2 heterocycles. The number of aryl methyl sites for hydroxylation is 1. The van der Waals surface area contributed by atoms with E-state index in [4.69, 9.17) is 11.6 Å². The molecular formula is C20H25ClN6O2. The van der Waals surface area contributed by atoms with Crippen molar-refractivity contribution in [3.05, 3.63) is 41.0 Å². The maximum absolute atomic E-state index is 12.4. The molecule has 0 bridgehead atoms. The first-order chi connectivity index (χ1) is 14.0. The van der Waals surface area contributed by atoms with Gasteiger partial charge in [-0.25, -0.2) is 4.98 Å². The maximum Gasteiger partial charge on any atom is 0.227 e. The fourth-order valence-corrected chi connectivity index (χ4v) is 3.30. The summed E-state index contributed by atoms with van der Waals surface area (Å²) in [6.07, 6.45) is 0.203. The summed E-state index contributed by atoms with van der Waals surface area (Å²) in [7, 11) is 0. The zero-order chi connectivity index (χ0) is 20.8. The summed E-state index contributed by atoms with van der Waals surface area (Å²) < 4.78 is 0. The molecule has 1 fully saturated rings. The highest BCUT2D eigenvalue weighted by Gasteiger charge is 2.34. The first-order valence-corrected chi connectivity index (χ1v) is 10.0. The lowest BCUT2D eigenvalue weighted by molar-refractivity contribution is -0.126. The molecule has 154 valence electrons. The molecule has 1 aliphatic rings. The minimum Gasteiger partial charge on any atom is -0.370 e. The van der Waals surface area contributed by atoms with Crippen LogP contribution in [-0.4, -0.2) is 48.0 Å². The number of rotatable bonds is 8. The molecule has 3 rings (SSSR count). The van der Waals surface area contributed by atoms with Crippen molar-refractivity contribution >= 4 is 40.9 Å². The predicted molar refractivity (Wildman–Crippen MR) is 114 cm³/mol. The fourth-order valence-electron chi connectivity index (χ4n) is 3.18. The second kappa shape index (κ2) is 9.56. The van der Waals surface area contributed by atoms with Gasteiger partial charge in [-0.3, -0.25) is 9.59 Å². The van der Waals surface area contributed by atoms with E-state index in [9.17, 15) is 9.59 Å². The second-order valence-electron chi connectivity index (χ2n) is 6.85. The largest absolute Gasteiger partial charge is 0.370 e. The van der Waals surface area contributed by atoms with Crippen molar-refractivity contribution < 1.29 is 9.59 Å². The number of nitrogens with zero attached hydrogens (tertiary/aromatic N) is 3. The molecule has 1 atom stereocenters. The number of aromatic nitrogens is 2. The van der Waals surface area contributed by atoms with E-state index in [1.54, 1.807) is 29.2 Å². The molecule has 0 saturated carbocycles. The van der Waals surface area contributed by atoms with Gasteiger partial charge in [0.2, 0.25) is 17.8 Å². The Kier molecular flexibility index (Phi) is 6.87. The van der Waals surface area contributed by atoms with E-state index in [1.807, 2.05) is 19.9 Å². The number of anilines is 3. The Labute approximate surface area is 175 Å². The highest BCUT2D eigenvalue weighted by atomic mass is 35.5.